The van der Waals surface area contributed by atoms with E-state index in [2.05, 4.69) is 10.6 Å². The number of carbonyl (C=O) groups is 2. The number of aromatic carboxylic acids is 1. The van der Waals surface area contributed by atoms with Gasteiger partial charge in [0.05, 0.1) is 5.56 Å². The Labute approximate surface area is 118 Å². The lowest BCUT2D eigenvalue weighted by Gasteiger charge is -2.26. The van der Waals surface area contributed by atoms with E-state index in [1.54, 1.807) is 18.2 Å². The van der Waals surface area contributed by atoms with Gasteiger partial charge in [0.15, 0.2) is 0 Å². The van der Waals surface area contributed by atoms with Gasteiger partial charge in [-0.3, -0.25) is 0 Å². The summed E-state index contributed by atoms with van der Waals surface area (Å²) in [5, 5.41) is 14.6. The number of benzene rings is 1. The number of rotatable bonds is 5. The van der Waals surface area contributed by atoms with Crippen molar-refractivity contribution in [2.45, 2.75) is 38.8 Å². The molecule has 0 aliphatic heterocycles. The fourth-order valence-corrected chi connectivity index (χ4v) is 2.24. The third-order valence-electron chi connectivity index (χ3n) is 3.66. The van der Waals surface area contributed by atoms with E-state index in [-0.39, 0.29) is 17.1 Å². The molecule has 5 nitrogen and oxygen atoms in total. The molecule has 20 heavy (non-hydrogen) atoms. The summed E-state index contributed by atoms with van der Waals surface area (Å²) in [6.45, 7) is 4.36. The van der Waals surface area contributed by atoms with Crippen LogP contribution in [0.2, 0.25) is 0 Å². The maximum absolute atomic E-state index is 11.8. The van der Waals surface area contributed by atoms with Crippen molar-refractivity contribution in [1.29, 1.82) is 0 Å². The van der Waals surface area contributed by atoms with Crippen LogP contribution in [0.15, 0.2) is 24.3 Å². The van der Waals surface area contributed by atoms with Gasteiger partial charge >= 0.3 is 12.0 Å². The van der Waals surface area contributed by atoms with E-state index in [4.69, 9.17) is 5.11 Å². The van der Waals surface area contributed by atoms with Gasteiger partial charge in [0.25, 0.3) is 0 Å². The number of carbonyl (C=O) groups excluding carboxylic acids is 1. The van der Waals surface area contributed by atoms with Crippen LogP contribution in [-0.4, -0.2) is 22.6 Å². The first-order valence-electron chi connectivity index (χ1n) is 6.77. The molecule has 1 aliphatic carbocycles. The van der Waals surface area contributed by atoms with Crippen LogP contribution in [0.5, 0.6) is 0 Å². The van der Waals surface area contributed by atoms with Crippen LogP contribution in [0, 0.1) is 5.92 Å². The molecule has 0 unspecified atom stereocenters. The normalized spacial score (nSPS) is 14.7. The second-order valence-corrected chi connectivity index (χ2v) is 5.81. The van der Waals surface area contributed by atoms with Gasteiger partial charge in [-0.25, -0.2) is 9.59 Å². The van der Waals surface area contributed by atoms with Crippen molar-refractivity contribution in [2.75, 3.05) is 0 Å². The first-order valence-corrected chi connectivity index (χ1v) is 6.77. The van der Waals surface area contributed by atoms with E-state index in [0.717, 1.165) is 18.4 Å². The van der Waals surface area contributed by atoms with Crippen molar-refractivity contribution < 1.29 is 14.7 Å². The van der Waals surface area contributed by atoms with E-state index in [9.17, 15) is 9.59 Å². The maximum Gasteiger partial charge on any atom is 0.335 e. The number of carboxylic acids is 1. The summed E-state index contributed by atoms with van der Waals surface area (Å²) in [6.07, 6.45) is 2.32. The summed E-state index contributed by atoms with van der Waals surface area (Å²) < 4.78 is 0. The summed E-state index contributed by atoms with van der Waals surface area (Å²) in [4.78, 5) is 22.7. The second kappa shape index (κ2) is 5.53. The largest absolute Gasteiger partial charge is 0.478 e. The Morgan fingerprint density at radius 3 is 2.65 bits per heavy atom. The van der Waals surface area contributed by atoms with E-state index in [0.29, 0.717) is 12.5 Å². The molecule has 5 heteroatoms. The molecule has 2 rings (SSSR count). The molecular formula is C15H20N2O3. The Kier molecular flexibility index (Phi) is 3.97. The molecule has 1 fully saturated rings. The Morgan fingerprint density at radius 1 is 1.35 bits per heavy atom. The van der Waals surface area contributed by atoms with E-state index < -0.39 is 5.97 Å². The van der Waals surface area contributed by atoms with Crippen LogP contribution in [-0.2, 0) is 6.54 Å². The van der Waals surface area contributed by atoms with Crippen LogP contribution in [0.1, 0.15) is 42.6 Å². The van der Waals surface area contributed by atoms with Crippen molar-refractivity contribution in [2.24, 2.45) is 5.92 Å². The Morgan fingerprint density at radius 2 is 2.05 bits per heavy atom. The lowest BCUT2D eigenvalue weighted by atomic mass is 9.99. The highest BCUT2D eigenvalue weighted by Gasteiger charge is 2.38. The predicted molar refractivity (Wildman–Crippen MR) is 75.6 cm³/mol. The SMILES string of the molecule is CC(C)(NC(=O)NCc1cccc(C(=O)O)c1)C1CC1. The fraction of sp³-hybridized carbons (Fsp3) is 0.467. The van der Waals surface area contributed by atoms with Gasteiger partial charge in [0.2, 0.25) is 0 Å². The van der Waals surface area contributed by atoms with Crippen LogP contribution in [0.4, 0.5) is 4.79 Å². The van der Waals surface area contributed by atoms with Gasteiger partial charge in [-0.05, 0) is 50.3 Å². The van der Waals surface area contributed by atoms with Gasteiger partial charge < -0.3 is 15.7 Å². The van der Waals surface area contributed by atoms with Crippen molar-refractivity contribution in [3.05, 3.63) is 35.4 Å². The highest BCUT2D eigenvalue weighted by atomic mass is 16.4. The van der Waals surface area contributed by atoms with Crippen molar-refractivity contribution in [1.82, 2.24) is 10.6 Å². The summed E-state index contributed by atoms with van der Waals surface area (Å²) >= 11 is 0. The zero-order chi connectivity index (χ0) is 14.8. The quantitative estimate of drug-likeness (QED) is 0.772. The number of hydrogen-bond acceptors (Lipinski definition) is 2. The molecule has 0 saturated heterocycles. The molecule has 0 aromatic heterocycles. The summed E-state index contributed by atoms with van der Waals surface area (Å²) in [5.41, 5.74) is 0.805. The average molecular weight is 276 g/mol. The average Bonchev–Trinajstić information content (AvgIpc) is 3.21. The van der Waals surface area contributed by atoms with Crippen molar-refractivity contribution in [3.63, 3.8) is 0 Å². The number of amides is 2. The molecule has 3 N–H and O–H groups in total. The lowest BCUT2D eigenvalue weighted by molar-refractivity contribution is 0.0696. The molecule has 2 amide bonds. The maximum atomic E-state index is 11.8. The number of carboxylic acid groups (broad SMARTS) is 1. The molecule has 0 bridgehead atoms. The zero-order valence-corrected chi connectivity index (χ0v) is 11.8. The third-order valence-corrected chi connectivity index (χ3v) is 3.66. The predicted octanol–water partition coefficient (Wildman–Crippen LogP) is 2.37. The highest BCUT2D eigenvalue weighted by Crippen LogP contribution is 2.39. The highest BCUT2D eigenvalue weighted by molar-refractivity contribution is 5.87. The van der Waals surface area contributed by atoms with Gasteiger partial charge in [-0.2, -0.15) is 0 Å². The number of urea groups is 1. The molecule has 0 atom stereocenters. The molecule has 1 aromatic carbocycles. The first kappa shape index (κ1) is 14.4. The molecule has 108 valence electrons. The van der Waals surface area contributed by atoms with Crippen LogP contribution >= 0.6 is 0 Å². The minimum absolute atomic E-state index is 0.188. The second-order valence-electron chi connectivity index (χ2n) is 5.81. The van der Waals surface area contributed by atoms with Gasteiger partial charge in [0, 0.05) is 12.1 Å². The van der Waals surface area contributed by atoms with Crippen LogP contribution in [0.25, 0.3) is 0 Å². The lowest BCUT2D eigenvalue weighted by Crippen LogP contribution is -2.49. The topological polar surface area (TPSA) is 78.4 Å². The van der Waals surface area contributed by atoms with Gasteiger partial charge in [-0.15, -0.1) is 0 Å². The van der Waals surface area contributed by atoms with Gasteiger partial charge in [-0.1, -0.05) is 12.1 Å². The van der Waals surface area contributed by atoms with Crippen LogP contribution in [0.3, 0.4) is 0 Å². The third kappa shape index (κ3) is 3.73. The number of nitrogens with one attached hydrogen (secondary N) is 2. The smallest absolute Gasteiger partial charge is 0.335 e. The summed E-state index contributed by atoms with van der Waals surface area (Å²) in [7, 11) is 0. The minimum Gasteiger partial charge on any atom is -0.478 e. The summed E-state index contributed by atoms with van der Waals surface area (Å²) in [6, 6.07) is 6.34. The zero-order valence-electron chi connectivity index (χ0n) is 11.8. The Hall–Kier alpha value is -2.04. The van der Waals surface area contributed by atoms with Crippen molar-refractivity contribution >= 4 is 12.0 Å². The molecule has 0 spiro atoms. The minimum atomic E-state index is -0.967. The molecule has 1 aliphatic rings. The monoisotopic (exact) mass is 276 g/mol. The fourth-order valence-electron chi connectivity index (χ4n) is 2.24. The van der Waals surface area contributed by atoms with E-state index in [1.165, 1.54) is 6.07 Å². The summed E-state index contributed by atoms with van der Waals surface area (Å²) in [5.74, 6) is -0.408. The van der Waals surface area contributed by atoms with E-state index >= 15 is 0 Å². The molecule has 0 heterocycles. The van der Waals surface area contributed by atoms with Crippen molar-refractivity contribution in [3.8, 4) is 0 Å². The standard InChI is InChI=1S/C15H20N2O3/c1-15(2,12-6-7-12)17-14(20)16-9-10-4-3-5-11(8-10)13(18)19/h3-5,8,12H,6-7,9H2,1-2H3,(H,18,19)(H2,16,17,20). The molecule has 0 radical (unpaired) electrons. The van der Waals surface area contributed by atoms with Crippen LogP contribution < -0.4 is 10.6 Å². The number of hydrogen-bond donors (Lipinski definition) is 3. The van der Waals surface area contributed by atoms with Gasteiger partial charge in [0.1, 0.15) is 0 Å². The molecule has 1 saturated carbocycles. The Bertz CT molecular complexity index is 522. The Balaban J connectivity index is 1.87. The van der Waals surface area contributed by atoms with E-state index in [1.807, 2.05) is 13.8 Å². The molecule has 1 aromatic rings. The molecular weight excluding hydrogens is 256 g/mol. The first-order chi connectivity index (χ1) is 9.38.